The largest absolute Gasteiger partial charge is 0.370 e. The number of anilines is 1. The van der Waals surface area contributed by atoms with Crippen LogP contribution in [0.15, 0.2) is 36.5 Å². The summed E-state index contributed by atoms with van der Waals surface area (Å²) in [5.74, 6) is 0.882. The second kappa shape index (κ2) is 6.45. The van der Waals surface area contributed by atoms with Gasteiger partial charge in [0.2, 0.25) is 11.9 Å². The number of H-pyrrole nitrogens is 1. The number of nitrogens with zero attached hydrogens (tertiary/aromatic N) is 3. The lowest BCUT2D eigenvalue weighted by Crippen LogP contribution is -2.15. The number of nitrogens with one attached hydrogen (secondary N) is 2. The van der Waals surface area contributed by atoms with Crippen LogP contribution in [-0.2, 0) is 16.1 Å². The Labute approximate surface area is 139 Å². The van der Waals surface area contributed by atoms with E-state index in [2.05, 4.69) is 43.3 Å². The lowest BCUT2D eigenvalue weighted by molar-refractivity contribution is -0.116. The number of ether oxygens (including phenoxy) is 1. The second-order valence-electron chi connectivity index (χ2n) is 5.91. The highest BCUT2D eigenvalue weighted by molar-refractivity contribution is 5.89. The maximum absolute atomic E-state index is 12.1. The standard InChI is InChI=1S/C17H19N5O2/c23-15(8-10-22-9-7-12-4-1-2-5-13(12)22)18-17-19-16(20-21-17)14-6-3-11-24-14/h1-2,4-5,7,9,14H,3,6,8,10-11H2,(H2,18,19,20,21,23)/t14-/m1/s1. The summed E-state index contributed by atoms with van der Waals surface area (Å²) in [6.45, 7) is 1.36. The number of hydrogen-bond acceptors (Lipinski definition) is 4. The van der Waals surface area contributed by atoms with E-state index in [4.69, 9.17) is 4.74 Å². The van der Waals surface area contributed by atoms with Crippen LogP contribution >= 0.6 is 0 Å². The van der Waals surface area contributed by atoms with Gasteiger partial charge in [0.05, 0.1) is 0 Å². The van der Waals surface area contributed by atoms with Crippen LogP contribution in [0.1, 0.15) is 31.2 Å². The molecular formula is C17H19N5O2. The fraction of sp³-hybridized carbons (Fsp3) is 0.353. The highest BCUT2D eigenvalue weighted by Crippen LogP contribution is 2.26. The fourth-order valence-corrected chi connectivity index (χ4v) is 3.01. The Hall–Kier alpha value is -2.67. The number of amides is 1. The molecule has 1 aliphatic rings. The molecule has 4 rings (SSSR count). The van der Waals surface area contributed by atoms with Gasteiger partial charge >= 0.3 is 0 Å². The lowest BCUT2D eigenvalue weighted by Gasteiger charge is -2.05. The summed E-state index contributed by atoms with van der Waals surface area (Å²) >= 11 is 0. The Morgan fingerprint density at radius 2 is 2.29 bits per heavy atom. The molecule has 1 saturated heterocycles. The van der Waals surface area contributed by atoms with Crippen LogP contribution in [0.4, 0.5) is 5.95 Å². The van der Waals surface area contributed by atoms with Gasteiger partial charge in [0.25, 0.3) is 0 Å². The summed E-state index contributed by atoms with van der Waals surface area (Å²) < 4.78 is 7.62. The van der Waals surface area contributed by atoms with Crippen LogP contribution in [0.5, 0.6) is 0 Å². The molecule has 0 unspecified atom stereocenters. The summed E-state index contributed by atoms with van der Waals surface area (Å²) in [5, 5.41) is 10.8. The third kappa shape index (κ3) is 3.03. The molecule has 7 nitrogen and oxygen atoms in total. The molecule has 3 heterocycles. The van der Waals surface area contributed by atoms with Gasteiger partial charge in [-0.2, -0.15) is 4.98 Å². The molecule has 1 fully saturated rings. The van der Waals surface area contributed by atoms with Crippen LogP contribution in [0.2, 0.25) is 0 Å². The highest BCUT2D eigenvalue weighted by Gasteiger charge is 2.21. The van der Waals surface area contributed by atoms with Crippen molar-refractivity contribution in [2.24, 2.45) is 0 Å². The molecule has 0 bridgehead atoms. The van der Waals surface area contributed by atoms with Crippen LogP contribution in [0.3, 0.4) is 0 Å². The van der Waals surface area contributed by atoms with Crippen molar-refractivity contribution in [2.45, 2.75) is 31.9 Å². The van der Waals surface area contributed by atoms with E-state index in [9.17, 15) is 4.79 Å². The molecule has 0 saturated carbocycles. The zero-order valence-corrected chi connectivity index (χ0v) is 13.2. The van der Waals surface area contributed by atoms with Crippen molar-refractivity contribution in [1.82, 2.24) is 19.7 Å². The zero-order chi connectivity index (χ0) is 16.4. The van der Waals surface area contributed by atoms with E-state index in [1.54, 1.807) is 0 Å². The van der Waals surface area contributed by atoms with Crippen LogP contribution < -0.4 is 5.32 Å². The molecule has 1 aromatic carbocycles. The van der Waals surface area contributed by atoms with Gasteiger partial charge in [-0.05, 0) is 30.4 Å². The number of benzene rings is 1. The van der Waals surface area contributed by atoms with Crippen LogP contribution in [0, 0.1) is 0 Å². The first-order valence-corrected chi connectivity index (χ1v) is 8.17. The van der Waals surface area contributed by atoms with Gasteiger partial charge < -0.3 is 9.30 Å². The predicted molar refractivity (Wildman–Crippen MR) is 89.5 cm³/mol. The first kappa shape index (κ1) is 14.9. The number of aryl methyl sites for hydroxylation is 1. The van der Waals surface area contributed by atoms with Crippen molar-refractivity contribution in [3.05, 3.63) is 42.4 Å². The van der Waals surface area contributed by atoms with Crippen molar-refractivity contribution in [2.75, 3.05) is 11.9 Å². The number of aromatic nitrogens is 4. The minimum absolute atomic E-state index is 0.0330. The predicted octanol–water partition coefficient (Wildman–Crippen LogP) is 2.64. The molecule has 1 atom stereocenters. The molecule has 0 spiro atoms. The van der Waals surface area contributed by atoms with Gasteiger partial charge in [-0.1, -0.05) is 18.2 Å². The smallest absolute Gasteiger partial charge is 0.248 e. The van der Waals surface area contributed by atoms with Crippen molar-refractivity contribution >= 4 is 22.8 Å². The van der Waals surface area contributed by atoms with Gasteiger partial charge in [0.15, 0.2) is 5.82 Å². The van der Waals surface area contributed by atoms with E-state index < -0.39 is 0 Å². The maximum atomic E-state index is 12.1. The molecule has 1 aliphatic heterocycles. The van der Waals surface area contributed by atoms with E-state index in [1.165, 1.54) is 5.39 Å². The Morgan fingerprint density at radius 1 is 1.38 bits per heavy atom. The number of para-hydroxylation sites is 1. The number of carbonyl (C=O) groups is 1. The van der Waals surface area contributed by atoms with Crippen molar-refractivity contribution in [1.29, 1.82) is 0 Å². The average Bonchev–Trinajstić information content (AvgIpc) is 3.33. The summed E-state index contributed by atoms with van der Waals surface area (Å²) in [5.41, 5.74) is 1.13. The first-order valence-electron chi connectivity index (χ1n) is 8.17. The number of carbonyl (C=O) groups excluding carboxylic acids is 1. The first-order chi connectivity index (χ1) is 11.8. The highest BCUT2D eigenvalue weighted by atomic mass is 16.5. The Balaban J connectivity index is 1.35. The Bertz CT molecular complexity index is 847. The van der Waals surface area contributed by atoms with E-state index in [0.29, 0.717) is 24.7 Å². The molecule has 0 radical (unpaired) electrons. The minimum atomic E-state index is -0.106. The molecule has 2 aromatic heterocycles. The summed E-state index contributed by atoms with van der Waals surface area (Å²) in [7, 11) is 0. The van der Waals surface area contributed by atoms with Gasteiger partial charge in [0.1, 0.15) is 6.10 Å². The topological polar surface area (TPSA) is 84.8 Å². The van der Waals surface area contributed by atoms with E-state index in [0.717, 1.165) is 25.0 Å². The quantitative estimate of drug-likeness (QED) is 0.755. The van der Waals surface area contributed by atoms with Gasteiger partial charge in [-0.25, -0.2) is 0 Å². The SMILES string of the molecule is O=C(CCn1ccc2ccccc21)Nc1n[nH]c([C@H]2CCCO2)n1. The van der Waals surface area contributed by atoms with Gasteiger partial charge in [-0.15, -0.1) is 5.10 Å². The van der Waals surface area contributed by atoms with Crippen LogP contribution in [-0.4, -0.2) is 32.3 Å². The molecule has 7 heteroatoms. The maximum Gasteiger partial charge on any atom is 0.248 e. The molecule has 0 aliphatic carbocycles. The minimum Gasteiger partial charge on any atom is -0.370 e. The molecule has 24 heavy (non-hydrogen) atoms. The average molecular weight is 325 g/mol. The number of aromatic amines is 1. The molecule has 2 N–H and O–H groups in total. The van der Waals surface area contributed by atoms with Crippen molar-refractivity contribution in [3.8, 4) is 0 Å². The van der Waals surface area contributed by atoms with Gasteiger partial charge in [0, 0.05) is 31.3 Å². The fourth-order valence-electron chi connectivity index (χ4n) is 3.01. The normalized spacial score (nSPS) is 17.4. The van der Waals surface area contributed by atoms with E-state index in [1.807, 2.05) is 18.3 Å². The van der Waals surface area contributed by atoms with Crippen LogP contribution in [0.25, 0.3) is 10.9 Å². The molecule has 124 valence electrons. The Morgan fingerprint density at radius 3 is 3.17 bits per heavy atom. The third-order valence-corrected chi connectivity index (χ3v) is 4.25. The number of hydrogen-bond donors (Lipinski definition) is 2. The van der Waals surface area contributed by atoms with E-state index >= 15 is 0 Å². The Kier molecular flexibility index (Phi) is 4.00. The third-order valence-electron chi connectivity index (χ3n) is 4.25. The second-order valence-corrected chi connectivity index (χ2v) is 5.91. The lowest BCUT2D eigenvalue weighted by atomic mass is 10.2. The molecule has 3 aromatic rings. The molecular weight excluding hydrogens is 306 g/mol. The number of rotatable bonds is 5. The van der Waals surface area contributed by atoms with E-state index in [-0.39, 0.29) is 12.0 Å². The van der Waals surface area contributed by atoms with Crippen molar-refractivity contribution < 1.29 is 9.53 Å². The summed E-state index contributed by atoms with van der Waals surface area (Å²) in [4.78, 5) is 16.4. The summed E-state index contributed by atoms with van der Waals surface area (Å²) in [6, 6.07) is 10.2. The zero-order valence-electron chi connectivity index (χ0n) is 13.2. The van der Waals surface area contributed by atoms with Gasteiger partial charge in [-0.3, -0.25) is 15.2 Å². The molecule has 1 amide bonds. The van der Waals surface area contributed by atoms with Crippen molar-refractivity contribution in [3.63, 3.8) is 0 Å². The number of fused-ring (bicyclic) bond motifs is 1. The monoisotopic (exact) mass is 325 g/mol. The summed E-state index contributed by atoms with van der Waals surface area (Å²) in [6.07, 6.45) is 4.29.